The van der Waals surface area contributed by atoms with E-state index in [-0.39, 0.29) is 0 Å². The summed E-state index contributed by atoms with van der Waals surface area (Å²) in [5.74, 6) is 0.901. The zero-order chi connectivity index (χ0) is 12.1. The van der Waals surface area contributed by atoms with Gasteiger partial charge in [-0.05, 0) is 50.2 Å². The molecule has 2 fully saturated rings. The lowest BCUT2D eigenvalue weighted by Gasteiger charge is -2.21. The fourth-order valence-electron chi connectivity index (χ4n) is 3.11. The second-order valence-electron chi connectivity index (χ2n) is 5.91. The highest BCUT2D eigenvalue weighted by Crippen LogP contribution is 2.22. The van der Waals surface area contributed by atoms with E-state index in [0.717, 1.165) is 11.0 Å². The predicted octanol–water partition coefficient (Wildman–Crippen LogP) is 3.36. The van der Waals surface area contributed by atoms with Crippen LogP contribution in [-0.4, -0.2) is 17.2 Å². The maximum Gasteiger partial charge on any atom is 0.166 e. The van der Waals surface area contributed by atoms with Gasteiger partial charge in [-0.2, -0.15) is 0 Å². The Kier molecular flexibility index (Phi) is 5.08. The molecule has 3 heteroatoms. The van der Waals surface area contributed by atoms with Crippen LogP contribution in [0.3, 0.4) is 0 Å². The Hall–Kier alpha value is -0.310. The van der Waals surface area contributed by atoms with Crippen LogP contribution in [0, 0.1) is 5.92 Å². The molecule has 0 heterocycles. The van der Waals surface area contributed by atoms with Crippen molar-refractivity contribution >= 4 is 17.3 Å². The van der Waals surface area contributed by atoms with E-state index in [2.05, 4.69) is 17.6 Å². The number of rotatable bonds is 2. The molecule has 0 aromatic rings. The summed E-state index contributed by atoms with van der Waals surface area (Å²) in [7, 11) is 0. The second-order valence-corrected chi connectivity index (χ2v) is 6.32. The monoisotopic (exact) mass is 254 g/mol. The molecule has 2 N–H and O–H groups in total. The van der Waals surface area contributed by atoms with Gasteiger partial charge in [0.05, 0.1) is 0 Å². The molecule has 2 aliphatic carbocycles. The quantitative estimate of drug-likeness (QED) is 0.583. The van der Waals surface area contributed by atoms with Crippen LogP contribution in [-0.2, 0) is 0 Å². The molecule has 0 radical (unpaired) electrons. The Labute approximate surface area is 111 Å². The first-order valence-electron chi connectivity index (χ1n) is 7.31. The average molecular weight is 254 g/mol. The lowest BCUT2D eigenvalue weighted by molar-refractivity contribution is 0.486. The van der Waals surface area contributed by atoms with Crippen molar-refractivity contribution in [2.24, 2.45) is 5.92 Å². The molecule has 2 nitrogen and oxygen atoms in total. The van der Waals surface area contributed by atoms with Crippen molar-refractivity contribution in [1.82, 2.24) is 10.6 Å². The molecule has 2 unspecified atom stereocenters. The van der Waals surface area contributed by atoms with Crippen molar-refractivity contribution < 1.29 is 0 Å². The summed E-state index contributed by atoms with van der Waals surface area (Å²) in [6, 6.07) is 1.25. The molecule has 0 aromatic carbocycles. The topological polar surface area (TPSA) is 24.1 Å². The molecular weight excluding hydrogens is 228 g/mol. The van der Waals surface area contributed by atoms with Gasteiger partial charge in [-0.1, -0.05) is 32.6 Å². The van der Waals surface area contributed by atoms with Crippen molar-refractivity contribution in [3.8, 4) is 0 Å². The summed E-state index contributed by atoms with van der Waals surface area (Å²) >= 11 is 5.42. The molecular formula is C14H26N2S. The van der Waals surface area contributed by atoms with Gasteiger partial charge in [-0.15, -0.1) is 0 Å². The van der Waals surface area contributed by atoms with E-state index < -0.39 is 0 Å². The Morgan fingerprint density at radius 1 is 0.824 bits per heavy atom. The SMILES string of the molecule is CC1CCCC(NC(=S)NC2CCCC2)CC1. The normalized spacial score (nSPS) is 30.9. The van der Waals surface area contributed by atoms with E-state index in [0.29, 0.717) is 12.1 Å². The third-order valence-corrected chi connectivity index (χ3v) is 4.52. The molecule has 0 bridgehead atoms. The lowest BCUT2D eigenvalue weighted by atomic mass is 10.0. The summed E-state index contributed by atoms with van der Waals surface area (Å²) < 4.78 is 0. The fraction of sp³-hybridized carbons (Fsp3) is 0.929. The molecule has 2 aliphatic rings. The first kappa shape index (κ1) is 13.1. The van der Waals surface area contributed by atoms with E-state index in [9.17, 15) is 0 Å². The van der Waals surface area contributed by atoms with E-state index in [1.165, 1.54) is 57.8 Å². The highest BCUT2D eigenvalue weighted by atomic mass is 32.1. The molecule has 17 heavy (non-hydrogen) atoms. The summed E-state index contributed by atoms with van der Waals surface area (Å²) in [5, 5.41) is 7.90. The molecule has 0 aromatic heterocycles. The van der Waals surface area contributed by atoms with Crippen LogP contribution in [0.25, 0.3) is 0 Å². The van der Waals surface area contributed by atoms with Crippen molar-refractivity contribution in [3.05, 3.63) is 0 Å². The average Bonchev–Trinajstić information content (AvgIpc) is 2.70. The van der Waals surface area contributed by atoms with Gasteiger partial charge in [0.25, 0.3) is 0 Å². The lowest BCUT2D eigenvalue weighted by Crippen LogP contribution is -2.45. The van der Waals surface area contributed by atoms with Crippen molar-refractivity contribution in [3.63, 3.8) is 0 Å². The predicted molar refractivity (Wildman–Crippen MR) is 77.2 cm³/mol. The smallest absolute Gasteiger partial charge is 0.166 e. The van der Waals surface area contributed by atoms with Gasteiger partial charge in [-0.25, -0.2) is 0 Å². The number of thiocarbonyl (C=S) groups is 1. The minimum atomic E-state index is 0.612. The molecule has 0 amide bonds. The van der Waals surface area contributed by atoms with E-state index in [4.69, 9.17) is 12.2 Å². The zero-order valence-corrected chi connectivity index (χ0v) is 11.8. The molecule has 2 rings (SSSR count). The molecule has 0 saturated heterocycles. The molecule has 2 atom stereocenters. The summed E-state index contributed by atoms with van der Waals surface area (Å²) in [5.41, 5.74) is 0. The third kappa shape index (κ3) is 4.46. The number of hydrogen-bond donors (Lipinski definition) is 2. The second kappa shape index (κ2) is 6.58. The largest absolute Gasteiger partial charge is 0.360 e. The Morgan fingerprint density at radius 3 is 2.12 bits per heavy atom. The highest BCUT2D eigenvalue weighted by Gasteiger charge is 2.19. The van der Waals surface area contributed by atoms with E-state index in [1.54, 1.807) is 0 Å². The molecule has 0 spiro atoms. The van der Waals surface area contributed by atoms with Gasteiger partial charge >= 0.3 is 0 Å². The first-order valence-corrected chi connectivity index (χ1v) is 7.72. The van der Waals surface area contributed by atoms with Gasteiger partial charge in [0.1, 0.15) is 0 Å². The minimum absolute atomic E-state index is 0.612. The van der Waals surface area contributed by atoms with Gasteiger partial charge in [0, 0.05) is 12.1 Å². The molecule has 2 saturated carbocycles. The Balaban J connectivity index is 1.69. The van der Waals surface area contributed by atoms with Crippen LogP contribution in [0.15, 0.2) is 0 Å². The van der Waals surface area contributed by atoms with Crippen LogP contribution < -0.4 is 10.6 Å². The Bertz CT molecular complexity index is 249. The summed E-state index contributed by atoms with van der Waals surface area (Å²) in [6.07, 6.45) is 12.0. The van der Waals surface area contributed by atoms with E-state index in [1.807, 2.05) is 0 Å². The summed E-state index contributed by atoms with van der Waals surface area (Å²) in [6.45, 7) is 2.37. The van der Waals surface area contributed by atoms with Gasteiger partial charge < -0.3 is 10.6 Å². The van der Waals surface area contributed by atoms with Gasteiger partial charge in [0.15, 0.2) is 5.11 Å². The molecule has 98 valence electrons. The van der Waals surface area contributed by atoms with Crippen molar-refractivity contribution in [1.29, 1.82) is 0 Å². The standard InChI is InChI=1S/C14H26N2S/c1-11-5-4-8-13(10-9-11)16-14(17)15-12-6-2-3-7-12/h11-13H,2-10H2,1H3,(H2,15,16,17). The highest BCUT2D eigenvalue weighted by molar-refractivity contribution is 7.80. The van der Waals surface area contributed by atoms with Crippen LogP contribution in [0.5, 0.6) is 0 Å². The Morgan fingerprint density at radius 2 is 1.41 bits per heavy atom. The van der Waals surface area contributed by atoms with Gasteiger partial charge in [-0.3, -0.25) is 0 Å². The maximum absolute atomic E-state index is 5.42. The summed E-state index contributed by atoms with van der Waals surface area (Å²) in [4.78, 5) is 0. The molecule has 0 aliphatic heterocycles. The van der Waals surface area contributed by atoms with Crippen molar-refractivity contribution in [2.45, 2.75) is 76.8 Å². The number of nitrogens with one attached hydrogen (secondary N) is 2. The zero-order valence-electron chi connectivity index (χ0n) is 11.0. The third-order valence-electron chi connectivity index (χ3n) is 4.28. The van der Waals surface area contributed by atoms with Crippen LogP contribution in [0.4, 0.5) is 0 Å². The number of hydrogen-bond acceptors (Lipinski definition) is 1. The van der Waals surface area contributed by atoms with E-state index >= 15 is 0 Å². The van der Waals surface area contributed by atoms with Crippen LogP contribution in [0.2, 0.25) is 0 Å². The fourth-order valence-corrected chi connectivity index (χ4v) is 3.45. The maximum atomic E-state index is 5.42. The van der Waals surface area contributed by atoms with Gasteiger partial charge in [0.2, 0.25) is 0 Å². The van der Waals surface area contributed by atoms with Crippen molar-refractivity contribution in [2.75, 3.05) is 0 Å². The first-order chi connectivity index (χ1) is 8.24. The van der Waals surface area contributed by atoms with Crippen LogP contribution in [0.1, 0.15) is 64.7 Å². The minimum Gasteiger partial charge on any atom is -0.360 e. The van der Waals surface area contributed by atoms with Crippen LogP contribution >= 0.6 is 12.2 Å².